The first kappa shape index (κ1) is 19.5. The lowest BCUT2D eigenvalue weighted by Crippen LogP contribution is -2.46. The smallest absolute Gasteiger partial charge is 0.228 e. The van der Waals surface area contributed by atoms with Crippen molar-refractivity contribution in [3.63, 3.8) is 0 Å². The number of amides is 2. The van der Waals surface area contributed by atoms with Crippen LogP contribution in [0.15, 0.2) is 0 Å². The summed E-state index contributed by atoms with van der Waals surface area (Å²) < 4.78 is 5.35. The van der Waals surface area contributed by atoms with Crippen LogP contribution in [0.3, 0.4) is 0 Å². The number of anilines is 2. The average Bonchev–Trinajstić information content (AvgIpc) is 3.38. The van der Waals surface area contributed by atoms with Gasteiger partial charge in [-0.3, -0.25) is 19.4 Å². The predicted molar refractivity (Wildman–Crippen MR) is 107 cm³/mol. The van der Waals surface area contributed by atoms with Gasteiger partial charge in [-0.2, -0.15) is 0 Å². The Morgan fingerprint density at radius 2 is 1.96 bits per heavy atom. The van der Waals surface area contributed by atoms with Crippen molar-refractivity contribution >= 4 is 33.4 Å². The number of hydrogen-bond donors (Lipinski definition) is 1. The van der Waals surface area contributed by atoms with E-state index in [1.54, 1.807) is 4.90 Å². The lowest BCUT2D eigenvalue weighted by Gasteiger charge is -2.32. The van der Waals surface area contributed by atoms with Gasteiger partial charge in [-0.05, 0) is 19.3 Å². The van der Waals surface area contributed by atoms with Gasteiger partial charge in [0.25, 0.3) is 0 Å². The molecule has 1 atom stereocenters. The number of aromatic nitrogens is 2. The summed E-state index contributed by atoms with van der Waals surface area (Å²) in [5.74, 6) is 0.218. The highest BCUT2D eigenvalue weighted by Gasteiger charge is 2.30. The van der Waals surface area contributed by atoms with Crippen LogP contribution < -0.4 is 15.1 Å². The molecule has 0 spiro atoms. The number of morpholine rings is 1. The van der Waals surface area contributed by atoms with Gasteiger partial charge in [-0.15, -0.1) is 10.2 Å². The van der Waals surface area contributed by atoms with Crippen LogP contribution in [0.25, 0.3) is 0 Å². The van der Waals surface area contributed by atoms with Crippen LogP contribution >= 0.6 is 11.3 Å². The molecule has 1 aromatic heterocycles. The summed E-state index contributed by atoms with van der Waals surface area (Å²) in [7, 11) is 0. The van der Waals surface area contributed by atoms with E-state index in [4.69, 9.17) is 4.74 Å². The summed E-state index contributed by atoms with van der Waals surface area (Å²) in [6.45, 7) is 7.23. The van der Waals surface area contributed by atoms with Crippen LogP contribution in [0, 0.1) is 5.92 Å². The van der Waals surface area contributed by atoms with E-state index in [-0.39, 0.29) is 17.7 Å². The Balaban J connectivity index is 1.27. The molecule has 0 bridgehead atoms. The molecular weight excluding hydrogens is 380 g/mol. The summed E-state index contributed by atoms with van der Waals surface area (Å²) in [6, 6.07) is 0. The Kier molecular flexibility index (Phi) is 6.38. The first-order chi connectivity index (χ1) is 13.7. The Morgan fingerprint density at radius 1 is 1.14 bits per heavy atom. The number of rotatable bonds is 6. The monoisotopic (exact) mass is 408 g/mol. The third-order valence-electron chi connectivity index (χ3n) is 5.60. The van der Waals surface area contributed by atoms with Gasteiger partial charge in [0.1, 0.15) is 0 Å². The molecule has 3 aliphatic heterocycles. The van der Waals surface area contributed by atoms with Gasteiger partial charge in [-0.25, -0.2) is 0 Å². The summed E-state index contributed by atoms with van der Waals surface area (Å²) in [4.78, 5) is 30.7. The molecular formula is C18H28N6O3S. The summed E-state index contributed by atoms with van der Waals surface area (Å²) in [5.41, 5.74) is 0. The van der Waals surface area contributed by atoms with Crippen molar-refractivity contribution in [3.8, 4) is 0 Å². The zero-order valence-corrected chi connectivity index (χ0v) is 17.0. The second-order valence-corrected chi connectivity index (χ2v) is 8.48. The molecule has 4 rings (SSSR count). The SMILES string of the molecule is O=C(NCCN1CCOCC1)C1CCCN(c2nnc(N3CCCC3=O)s2)C1. The van der Waals surface area contributed by atoms with Gasteiger partial charge in [-0.1, -0.05) is 11.3 Å². The van der Waals surface area contributed by atoms with E-state index in [1.807, 2.05) is 0 Å². The molecule has 0 saturated carbocycles. The minimum Gasteiger partial charge on any atom is -0.379 e. The highest BCUT2D eigenvalue weighted by Crippen LogP contribution is 2.32. The topological polar surface area (TPSA) is 90.9 Å². The van der Waals surface area contributed by atoms with E-state index < -0.39 is 0 Å². The molecule has 1 aromatic rings. The van der Waals surface area contributed by atoms with Gasteiger partial charge in [0.05, 0.1) is 19.1 Å². The van der Waals surface area contributed by atoms with Crippen LogP contribution in [-0.2, 0) is 14.3 Å². The van der Waals surface area contributed by atoms with Crippen LogP contribution in [0.1, 0.15) is 25.7 Å². The molecule has 0 radical (unpaired) electrons. The fraction of sp³-hybridized carbons (Fsp3) is 0.778. The number of hydrogen-bond acceptors (Lipinski definition) is 8. The lowest BCUT2D eigenvalue weighted by molar-refractivity contribution is -0.125. The van der Waals surface area contributed by atoms with Crippen LogP contribution in [0.4, 0.5) is 10.3 Å². The Hall–Kier alpha value is -1.78. The zero-order chi connectivity index (χ0) is 19.3. The highest BCUT2D eigenvalue weighted by molar-refractivity contribution is 7.19. The third kappa shape index (κ3) is 4.61. The molecule has 28 heavy (non-hydrogen) atoms. The molecule has 1 N–H and O–H groups in total. The maximum atomic E-state index is 12.6. The van der Waals surface area contributed by atoms with Gasteiger partial charge >= 0.3 is 0 Å². The predicted octanol–water partition coefficient (Wildman–Crippen LogP) is 0.330. The molecule has 0 aliphatic carbocycles. The van der Waals surface area contributed by atoms with Crippen molar-refractivity contribution in [1.82, 2.24) is 20.4 Å². The maximum Gasteiger partial charge on any atom is 0.228 e. The fourth-order valence-electron chi connectivity index (χ4n) is 3.97. The average molecular weight is 409 g/mol. The molecule has 154 valence electrons. The first-order valence-corrected chi connectivity index (χ1v) is 11.0. The van der Waals surface area contributed by atoms with Crippen LogP contribution in [0.2, 0.25) is 0 Å². The number of piperidine rings is 1. The van der Waals surface area contributed by atoms with Gasteiger partial charge in [0.15, 0.2) is 0 Å². The first-order valence-electron chi connectivity index (χ1n) is 10.2. The molecule has 3 saturated heterocycles. The number of nitrogens with one attached hydrogen (secondary N) is 1. The van der Waals surface area contributed by atoms with E-state index in [2.05, 4.69) is 25.3 Å². The van der Waals surface area contributed by atoms with Crippen LogP contribution in [0.5, 0.6) is 0 Å². The number of nitrogens with zero attached hydrogens (tertiary/aromatic N) is 5. The molecule has 9 nitrogen and oxygen atoms in total. The molecule has 3 fully saturated rings. The van der Waals surface area contributed by atoms with Crippen molar-refractivity contribution in [3.05, 3.63) is 0 Å². The van der Waals surface area contributed by atoms with E-state index >= 15 is 0 Å². The van der Waals surface area contributed by atoms with Crippen molar-refractivity contribution in [2.75, 3.05) is 68.8 Å². The normalized spacial score (nSPS) is 24.0. The number of carbonyl (C=O) groups is 2. The van der Waals surface area contributed by atoms with Gasteiger partial charge < -0.3 is 15.0 Å². The zero-order valence-electron chi connectivity index (χ0n) is 16.1. The quantitative estimate of drug-likeness (QED) is 0.725. The second kappa shape index (κ2) is 9.15. The lowest BCUT2D eigenvalue weighted by atomic mass is 9.97. The summed E-state index contributed by atoms with van der Waals surface area (Å²) in [5, 5.41) is 13.1. The Labute approximate surface area is 169 Å². The molecule has 3 aliphatic rings. The van der Waals surface area contributed by atoms with Crippen molar-refractivity contribution in [2.45, 2.75) is 25.7 Å². The van der Waals surface area contributed by atoms with Gasteiger partial charge in [0, 0.05) is 52.2 Å². The highest BCUT2D eigenvalue weighted by atomic mass is 32.1. The van der Waals surface area contributed by atoms with Crippen LogP contribution in [-0.4, -0.2) is 85.9 Å². The number of carbonyl (C=O) groups excluding carboxylic acids is 2. The third-order valence-corrected chi connectivity index (χ3v) is 6.61. The van der Waals surface area contributed by atoms with E-state index in [0.717, 1.165) is 70.3 Å². The Bertz CT molecular complexity index is 693. The number of ether oxygens (including phenoxy) is 1. The molecule has 0 aromatic carbocycles. The maximum absolute atomic E-state index is 12.6. The van der Waals surface area contributed by atoms with Gasteiger partial charge in [0.2, 0.25) is 22.1 Å². The van der Waals surface area contributed by atoms with E-state index in [9.17, 15) is 9.59 Å². The minimum absolute atomic E-state index is 0.0285. The van der Waals surface area contributed by atoms with Crippen molar-refractivity contribution < 1.29 is 14.3 Å². The summed E-state index contributed by atoms with van der Waals surface area (Å²) >= 11 is 1.45. The minimum atomic E-state index is -0.0285. The standard InChI is InChI=1S/C18H28N6O3S/c25-15-4-2-7-24(15)18-21-20-17(28-18)23-6-1-3-14(13-23)16(26)19-5-8-22-9-11-27-12-10-22/h14H,1-13H2,(H,19,26). The molecule has 4 heterocycles. The molecule has 2 amide bonds. The van der Waals surface area contributed by atoms with E-state index in [1.165, 1.54) is 11.3 Å². The fourth-order valence-corrected chi connectivity index (χ4v) is 4.89. The second-order valence-electron chi connectivity index (χ2n) is 7.55. The molecule has 1 unspecified atom stereocenters. The van der Waals surface area contributed by atoms with Crippen molar-refractivity contribution in [2.24, 2.45) is 5.92 Å². The van der Waals surface area contributed by atoms with Crippen molar-refractivity contribution in [1.29, 1.82) is 0 Å². The largest absolute Gasteiger partial charge is 0.379 e. The molecule has 10 heteroatoms. The van der Waals surface area contributed by atoms with E-state index in [0.29, 0.717) is 24.6 Å². The Morgan fingerprint density at radius 3 is 2.75 bits per heavy atom. The summed E-state index contributed by atoms with van der Waals surface area (Å²) in [6.07, 6.45) is 3.32.